The standard InChI is InChI=1S/C7H14.C7H16.2H2/c1-7-5-3-2-4-6-7;1-4-5-6-7(2)3;;/h7H,2-6H2,1H3;7H,4-6H2,1-3H3;2*1H. The summed E-state index contributed by atoms with van der Waals surface area (Å²) in [5, 5.41) is 0. The van der Waals surface area contributed by atoms with Crippen molar-refractivity contribution in [2.24, 2.45) is 11.8 Å². The van der Waals surface area contributed by atoms with E-state index in [1.54, 1.807) is 0 Å². The molecule has 0 radical (unpaired) electrons. The molecular formula is C14H34. The van der Waals surface area contributed by atoms with Crippen LogP contribution in [0.4, 0.5) is 0 Å². The van der Waals surface area contributed by atoms with Crippen LogP contribution in [0, 0.1) is 11.8 Å². The molecule has 0 spiro atoms. The van der Waals surface area contributed by atoms with Crippen molar-refractivity contribution in [1.82, 2.24) is 0 Å². The lowest BCUT2D eigenvalue weighted by atomic mass is 9.91. The summed E-state index contributed by atoms with van der Waals surface area (Å²) >= 11 is 0. The van der Waals surface area contributed by atoms with Gasteiger partial charge in [-0.3, -0.25) is 0 Å². The van der Waals surface area contributed by atoms with E-state index in [-0.39, 0.29) is 2.85 Å². The van der Waals surface area contributed by atoms with Crippen molar-refractivity contribution in [3.8, 4) is 0 Å². The van der Waals surface area contributed by atoms with Crippen LogP contribution >= 0.6 is 0 Å². The van der Waals surface area contributed by atoms with E-state index in [9.17, 15) is 0 Å². The fourth-order valence-corrected chi connectivity index (χ4v) is 1.92. The van der Waals surface area contributed by atoms with Gasteiger partial charge in [0.05, 0.1) is 0 Å². The highest BCUT2D eigenvalue weighted by atomic mass is 14.1. The van der Waals surface area contributed by atoms with Gasteiger partial charge in [0.2, 0.25) is 0 Å². The van der Waals surface area contributed by atoms with E-state index in [0.717, 1.165) is 11.8 Å². The number of unbranched alkanes of at least 4 members (excludes halogenated alkanes) is 1. The summed E-state index contributed by atoms with van der Waals surface area (Å²) in [5.41, 5.74) is 0. The highest BCUT2D eigenvalue weighted by molar-refractivity contribution is 4.59. The molecule has 0 heteroatoms. The third kappa shape index (κ3) is 10.1. The van der Waals surface area contributed by atoms with Crippen LogP contribution in [0.2, 0.25) is 0 Å². The first-order valence-electron chi connectivity index (χ1n) is 6.66. The Hall–Kier alpha value is 0. The van der Waals surface area contributed by atoms with Crippen LogP contribution < -0.4 is 0 Å². The molecule has 0 nitrogen and oxygen atoms in total. The van der Waals surface area contributed by atoms with E-state index in [1.807, 2.05) is 0 Å². The number of hydrogen-bond acceptors (Lipinski definition) is 0. The Bertz CT molecular complexity index is 107. The summed E-state index contributed by atoms with van der Waals surface area (Å²) in [7, 11) is 0. The van der Waals surface area contributed by atoms with Gasteiger partial charge in [-0.15, -0.1) is 0 Å². The first-order valence-corrected chi connectivity index (χ1v) is 6.66. The Morgan fingerprint density at radius 2 is 1.71 bits per heavy atom. The van der Waals surface area contributed by atoms with Crippen LogP contribution in [0.15, 0.2) is 0 Å². The molecular weight excluding hydrogens is 168 g/mol. The van der Waals surface area contributed by atoms with Crippen LogP contribution in [0.3, 0.4) is 0 Å². The number of hydrogen-bond donors (Lipinski definition) is 0. The zero-order valence-electron chi connectivity index (χ0n) is 10.8. The molecule has 90 valence electrons. The fraction of sp³-hybridized carbons (Fsp3) is 1.00. The summed E-state index contributed by atoms with van der Waals surface area (Å²) < 4.78 is 0. The van der Waals surface area contributed by atoms with Gasteiger partial charge in [-0.2, -0.15) is 0 Å². The average molecular weight is 202 g/mol. The Morgan fingerprint density at radius 1 is 1.14 bits per heavy atom. The minimum absolute atomic E-state index is 0. The molecule has 0 aromatic rings. The van der Waals surface area contributed by atoms with Crippen LogP contribution in [-0.4, -0.2) is 0 Å². The number of rotatable bonds is 3. The zero-order chi connectivity index (χ0) is 10.8. The van der Waals surface area contributed by atoms with Crippen molar-refractivity contribution in [1.29, 1.82) is 0 Å². The molecule has 0 aliphatic heterocycles. The van der Waals surface area contributed by atoms with Crippen LogP contribution in [0.25, 0.3) is 0 Å². The molecule has 0 bridgehead atoms. The van der Waals surface area contributed by atoms with E-state index < -0.39 is 0 Å². The molecule has 0 atom stereocenters. The average Bonchev–Trinajstić information content (AvgIpc) is 2.17. The predicted octanol–water partition coefficient (Wildman–Crippen LogP) is 5.91. The molecule has 1 saturated carbocycles. The van der Waals surface area contributed by atoms with Gasteiger partial charge in [-0.25, -0.2) is 0 Å². The molecule has 0 aromatic carbocycles. The molecule has 1 fully saturated rings. The largest absolute Gasteiger partial charge is 0.0654 e. The van der Waals surface area contributed by atoms with Crippen LogP contribution in [-0.2, 0) is 0 Å². The van der Waals surface area contributed by atoms with Gasteiger partial charge in [0.1, 0.15) is 0 Å². The lowest BCUT2D eigenvalue weighted by molar-refractivity contribution is 0.385. The minimum atomic E-state index is 0. The third-order valence-corrected chi connectivity index (χ3v) is 3.03. The summed E-state index contributed by atoms with van der Waals surface area (Å²) in [5.74, 6) is 1.94. The van der Waals surface area contributed by atoms with Crippen LogP contribution in [0.1, 0.15) is 81.9 Å². The highest BCUT2D eigenvalue weighted by Gasteiger charge is 2.05. The topological polar surface area (TPSA) is 0 Å². The Labute approximate surface area is 94.5 Å². The third-order valence-electron chi connectivity index (χ3n) is 3.03. The van der Waals surface area contributed by atoms with E-state index in [4.69, 9.17) is 0 Å². The summed E-state index contributed by atoms with van der Waals surface area (Å²) in [4.78, 5) is 0. The second-order valence-corrected chi connectivity index (χ2v) is 5.28. The highest BCUT2D eigenvalue weighted by Crippen LogP contribution is 2.22. The molecule has 0 saturated heterocycles. The van der Waals surface area contributed by atoms with Crippen molar-refractivity contribution < 1.29 is 2.85 Å². The molecule has 0 aromatic heterocycles. The maximum absolute atomic E-state index is 2.36. The van der Waals surface area contributed by atoms with Gasteiger partial charge in [0, 0.05) is 2.85 Å². The van der Waals surface area contributed by atoms with Crippen molar-refractivity contribution in [3.63, 3.8) is 0 Å². The van der Waals surface area contributed by atoms with E-state index in [2.05, 4.69) is 27.7 Å². The Morgan fingerprint density at radius 3 is 1.93 bits per heavy atom. The van der Waals surface area contributed by atoms with Crippen molar-refractivity contribution in [2.75, 3.05) is 0 Å². The minimum Gasteiger partial charge on any atom is -0.0654 e. The van der Waals surface area contributed by atoms with Gasteiger partial charge >= 0.3 is 0 Å². The summed E-state index contributed by atoms with van der Waals surface area (Å²) in [6, 6.07) is 0. The van der Waals surface area contributed by atoms with Crippen molar-refractivity contribution in [2.45, 2.75) is 79.1 Å². The molecule has 1 rings (SSSR count). The molecule has 0 unspecified atom stereocenters. The van der Waals surface area contributed by atoms with Crippen LogP contribution in [0.5, 0.6) is 0 Å². The lowest BCUT2D eigenvalue weighted by Crippen LogP contribution is -1.99. The monoisotopic (exact) mass is 202 g/mol. The van der Waals surface area contributed by atoms with E-state index >= 15 is 0 Å². The molecule has 14 heavy (non-hydrogen) atoms. The quantitative estimate of drug-likeness (QED) is 0.533. The summed E-state index contributed by atoms with van der Waals surface area (Å²) in [6.45, 7) is 9.15. The second-order valence-electron chi connectivity index (χ2n) is 5.28. The molecule has 0 heterocycles. The molecule has 1 aliphatic rings. The van der Waals surface area contributed by atoms with Gasteiger partial charge in [-0.1, -0.05) is 79.1 Å². The molecule has 1 aliphatic carbocycles. The zero-order valence-corrected chi connectivity index (χ0v) is 10.8. The first kappa shape index (κ1) is 14.0. The van der Waals surface area contributed by atoms with E-state index in [1.165, 1.54) is 51.4 Å². The molecule has 0 amide bonds. The van der Waals surface area contributed by atoms with Gasteiger partial charge in [-0.05, 0) is 11.8 Å². The maximum Gasteiger partial charge on any atom is 0 e. The smallest absolute Gasteiger partial charge is 0 e. The Balaban J connectivity index is -0.000000188. The predicted molar refractivity (Wildman–Crippen MR) is 70.8 cm³/mol. The SMILES string of the molecule is CC1CCCCC1.CCCCC(C)C.[HH].[HH]. The normalized spacial score (nSPS) is 17.8. The van der Waals surface area contributed by atoms with Gasteiger partial charge in [0.15, 0.2) is 0 Å². The second kappa shape index (κ2) is 9.55. The summed E-state index contributed by atoms with van der Waals surface area (Å²) in [6.07, 6.45) is 11.6. The first-order chi connectivity index (χ1) is 6.66. The van der Waals surface area contributed by atoms with E-state index in [0.29, 0.717) is 0 Å². The van der Waals surface area contributed by atoms with Crippen molar-refractivity contribution in [3.05, 3.63) is 0 Å². The van der Waals surface area contributed by atoms with Crippen molar-refractivity contribution >= 4 is 0 Å². The lowest BCUT2D eigenvalue weighted by Gasteiger charge is -2.15. The van der Waals surface area contributed by atoms with Gasteiger partial charge < -0.3 is 0 Å². The van der Waals surface area contributed by atoms with Gasteiger partial charge in [0.25, 0.3) is 0 Å². The fourth-order valence-electron chi connectivity index (χ4n) is 1.92. The maximum atomic E-state index is 2.36. The molecule has 0 N–H and O–H groups in total. The Kier molecular flexibility index (Phi) is 9.55.